The quantitative estimate of drug-likeness (QED) is 0.721. The minimum absolute atomic E-state index is 0.138. The highest BCUT2D eigenvalue weighted by Gasteiger charge is 2.36. The van der Waals surface area contributed by atoms with Crippen molar-refractivity contribution >= 4 is 16.9 Å². The van der Waals surface area contributed by atoms with Crippen molar-refractivity contribution < 1.29 is 14.6 Å². The number of nitrogens with zero attached hydrogens (tertiary/aromatic N) is 3. The van der Waals surface area contributed by atoms with E-state index in [1.54, 1.807) is 44.0 Å². The van der Waals surface area contributed by atoms with Gasteiger partial charge in [0.1, 0.15) is 11.3 Å². The topological polar surface area (TPSA) is 97.2 Å². The number of ether oxygens (including phenoxy) is 1. The maximum Gasteiger partial charge on any atom is 0.254 e. The Hall–Kier alpha value is -3.06. The van der Waals surface area contributed by atoms with Crippen LogP contribution in [0.5, 0.6) is 5.75 Å². The smallest absolute Gasteiger partial charge is 0.254 e. The Morgan fingerprint density at radius 2 is 2.07 bits per heavy atom. The Kier molecular flexibility index (Phi) is 4.68. The minimum Gasteiger partial charge on any atom is -0.495 e. The van der Waals surface area contributed by atoms with Crippen LogP contribution in [-0.2, 0) is 0 Å². The van der Waals surface area contributed by atoms with Crippen molar-refractivity contribution in [3.05, 3.63) is 60.2 Å². The Bertz CT molecular complexity index is 967. The highest BCUT2D eigenvalue weighted by molar-refractivity contribution is 6.04. The number of aliphatic hydroxyl groups excluding tert-OH is 1. The van der Waals surface area contributed by atoms with Gasteiger partial charge in [0.05, 0.1) is 36.5 Å². The van der Waals surface area contributed by atoms with Crippen LogP contribution in [0.15, 0.2) is 49.1 Å². The first-order valence-corrected chi connectivity index (χ1v) is 8.83. The van der Waals surface area contributed by atoms with Crippen LogP contribution in [0.25, 0.3) is 11.0 Å². The van der Waals surface area contributed by atoms with Gasteiger partial charge in [0.2, 0.25) is 0 Å². The van der Waals surface area contributed by atoms with Gasteiger partial charge in [-0.2, -0.15) is 0 Å². The van der Waals surface area contributed by atoms with Crippen LogP contribution in [0.3, 0.4) is 0 Å². The number of aliphatic hydroxyl groups is 1. The van der Waals surface area contributed by atoms with Crippen LogP contribution in [-0.4, -0.2) is 39.2 Å². The SMILES string of the molecule is COc1cncc([C@@H](NC(=O)c2cccc3nccnc23)C2CC(O)C2)c1. The normalized spacial score (nSPS) is 19.9. The van der Waals surface area contributed by atoms with E-state index in [-0.39, 0.29) is 24.0 Å². The van der Waals surface area contributed by atoms with Crippen LogP contribution in [0.4, 0.5) is 0 Å². The second kappa shape index (κ2) is 7.28. The maximum absolute atomic E-state index is 13.0. The van der Waals surface area contributed by atoms with Gasteiger partial charge in [-0.3, -0.25) is 19.7 Å². The summed E-state index contributed by atoms with van der Waals surface area (Å²) in [6, 6.07) is 6.95. The molecule has 0 bridgehead atoms. The summed E-state index contributed by atoms with van der Waals surface area (Å²) < 4.78 is 5.26. The summed E-state index contributed by atoms with van der Waals surface area (Å²) in [7, 11) is 1.58. The second-order valence-electron chi connectivity index (χ2n) is 6.72. The van der Waals surface area contributed by atoms with Gasteiger partial charge in [-0.1, -0.05) is 6.07 Å². The van der Waals surface area contributed by atoms with Crippen LogP contribution < -0.4 is 10.1 Å². The van der Waals surface area contributed by atoms with Gasteiger partial charge in [-0.15, -0.1) is 0 Å². The molecule has 1 amide bonds. The second-order valence-corrected chi connectivity index (χ2v) is 6.72. The number of hydrogen-bond acceptors (Lipinski definition) is 6. The molecule has 0 aliphatic heterocycles. The van der Waals surface area contributed by atoms with E-state index < -0.39 is 0 Å². The molecule has 4 rings (SSSR count). The number of rotatable bonds is 5. The Balaban J connectivity index is 1.65. The first kappa shape index (κ1) is 17.4. The number of fused-ring (bicyclic) bond motifs is 1. The number of aromatic nitrogens is 3. The molecule has 1 saturated carbocycles. The molecular weight excluding hydrogens is 344 g/mol. The average Bonchev–Trinajstić information content (AvgIpc) is 2.69. The number of carbonyl (C=O) groups is 1. The summed E-state index contributed by atoms with van der Waals surface area (Å²) in [4.78, 5) is 25.8. The fourth-order valence-corrected chi connectivity index (χ4v) is 3.49. The van der Waals surface area contributed by atoms with Gasteiger partial charge >= 0.3 is 0 Å². The summed E-state index contributed by atoms with van der Waals surface area (Å²) >= 11 is 0. The molecule has 3 aromatic rings. The van der Waals surface area contributed by atoms with Crippen molar-refractivity contribution in [2.24, 2.45) is 5.92 Å². The lowest BCUT2D eigenvalue weighted by Crippen LogP contribution is -2.41. The molecular formula is C20H20N4O3. The van der Waals surface area contributed by atoms with Gasteiger partial charge in [-0.25, -0.2) is 0 Å². The number of pyridine rings is 1. The Morgan fingerprint density at radius 1 is 1.26 bits per heavy atom. The van der Waals surface area contributed by atoms with Crippen LogP contribution in [0.1, 0.15) is 34.8 Å². The number of methoxy groups -OCH3 is 1. The fourth-order valence-electron chi connectivity index (χ4n) is 3.49. The summed E-state index contributed by atoms with van der Waals surface area (Å²) in [5.74, 6) is 0.539. The molecule has 1 aromatic carbocycles. The van der Waals surface area contributed by atoms with E-state index in [1.807, 2.05) is 12.1 Å². The molecule has 0 saturated heterocycles. The largest absolute Gasteiger partial charge is 0.495 e. The predicted molar refractivity (Wildman–Crippen MR) is 99.3 cm³/mol. The molecule has 1 aliphatic rings. The number of amides is 1. The molecule has 27 heavy (non-hydrogen) atoms. The van der Waals surface area contributed by atoms with Crippen molar-refractivity contribution in [3.8, 4) is 5.75 Å². The summed E-state index contributed by atoms with van der Waals surface area (Å²) in [5.41, 5.74) is 2.56. The predicted octanol–water partition coefficient (Wildman–Crippen LogP) is 2.28. The molecule has 1 fully saturated rings. The van der Waals surface area contributed by atoms with E-state index in [1.165, 1.54) is 0 Å². The molecule has 2 heterocycles. The summed E-state index contributed by atoms with van der Waals surface area (Å²) in [6.45, 7) is 0. The third-order valence-corrected chi connectivity index (χ3v) is 4.98. The maximum atomic E-state index is 13.0. The highest BCUT2D eigenvalue weighted by atomic mass is 16.5. The fraction of sp³-hybridized carbons (Fsp3) is 0.300. The number of hydrogen-bond donors (Lipinski definition) is 2. The van der Waals surface area contributed by atoms with Crippen molar-refractivity contribution in [1.29, 1.82) is 0 Å². The van der Waals surface area contributed by atoms with Crippen molar-refractivity contribution in [2.45, 2.75) is 25.0 Å². The van der Waals surface area contributed by atoms with Crippen LogP contribution in [0, 0.1) is 5.92 Å². The number of carbonyl (C=O) groups excluding carboxylic acids is 1. The van der Waals surface area contributed by atoms with E-state index in [9.17, 15) is 9.90 Å². The van der Waals surface area contributed by atoms with Gasteiger partial charge in [0.25, 0.3) is 5.91 Å². The molecule has 138 valence electrons. The van der Waals surface area contributed by atoms with E-state index in [4.69, 9.17) is 4.74 Å². The molecule has 0 spiro atoms. The molecule has 0 unspecified atom stereocenters. The number of nitrogens with one attached hydrogen (secondary N) is 1. The molecule has 2 N–H and O–H groups in total. The van der Waals surface area contributed by atoms with Crippen molar-refractivity contribution in [1.82, 2.24) is 20.3 Å². The lowest BCUT2D eigenvalue weighted by molar-refractivity contribution is 0.0234. The third kappa shape index (κ3) is 3.46. The van der Waals surface area contributed by atoms with Crippen LogP contribution >= 0.6 is 0 Å². The zero-order chi connectivity index (χ0) is 18.8. The van der Waals surface area contributed by atoms with E-state index >= 15 is 0 Å². The monoisotopic (exact) mass is 364 g/mol. The number of benzene rings is 1. The van der Waals surface area contributed by atoms with Crippen molar-refractivity contribution in [3.63, 3.8) is 0 Å². The molecule has 0 radical (unpaired) electrons. The molecule has 2 aromatic heterocycles. The minimum atomic E-state index is -0.323. The Morgan fingerprint density at radius 3 is 2.85 bits per heavy atom. The molecule has 7 nitrogen and oxygen atoms in total. The van der Waals surface area contributed by atoms with E-state index in [2.05, 4.69) is 20.3 Å². The first-order chi connectivity index (χ1) is 13.2. The van der Waals surface area contributed by atoms with E-state index in [0.717, 1.165) is 5.56 Å². The zero-order valence-electron chi connectivity index (χ0n) is 14.9. The summed E-state index contributed by atoms with van der Waals surface area (Å²) in [5, 5.41) is 12.8. The first-order valence-electron chi connectivity index (χ1n) is 8.83. The lowest BCUT2D eigenvalue weighted by Gasteiger charge is -2.38. The molecule has 1 atom stereocenters. The zero-order valence-corrected chi connectivity index (χ0v) is 14.9. The van der Waals surface area contributed by atoms with Gasteiger partial charge in [0, 0.05) is 18.6 Å². The lowest BCUT2D eigenvalue weighted by atomic mass is 9.75. The third-order valence-electron chi connectivity index (χ3n) is 4.98. The standard InChI is InChI=1S/C20H20N4O3/c1-27-15-9-13(10-21-11-15)18(12-7-14(25)8-12)24-20(26)16-3-2-4-17-19(16)23-6-5-22-17/h2-6,9-12,14,18,25H,7-8H2,1H3,(H,24,26)/t12?,14?,18-/m0/s1. The highest BCUT2D eigenvalue weighted by Crippen LogP contribution is 2.38. The number of para-hydroxylation sites is 1. The average molecular weight is 364 g/mol. The van der Waals surface area contributed by atoms with Gasteiger partial charge in [-0.05, 0) is 42.5 Å². The van der Waals surface area contributed by atoms with Crippen molar-refractivity contribution in [2.75, 3.05) is 7.11 Å². The Labute approximate surface area is 156 Å². The molecule has 1 aliphatic carbocycles. The van der Waals surface area contributed by atoms with Gasteiger partial charge < -0.3 is 15.2 Å². The molecule has 7 heteroatoms. The van der Waals surface area contributed by atoms with Crippen LogP contribution in [0.2, 0.25) is 0 Å². The van der Waals surface area contributed by atoms with E-state index in [0.29, 0.717) is 35.2 Å². The van der Waals surface area contributed by atoms with Gasteiger partial charge in [0.15, 0.2) is 0 Å². The summed E-state index contributed by atoms with van der Waals surface area (Å²) in [6.07, 6.45) is 7.47.